The van der Waals surface area contributed by atoms with Crippen molar-refractivity contribution < 1.29 is 0 Å². The van der Waals surface area contributed by atoms with E-state index in [-0.39, 0.29) is 0 Å². The lowest BCUT2D eigenvalue weighted by atomic mass is 10.2. The lowest BCUT2D eigenvalue weighted by molar-refractivity contribution is 0.921. The van der Waals surface area contributed by atoms with Crippen molar-refractivity contribution in [1.29, 1.82) is 0 Å². The molecule has 2 rings (SSSR count). The molecule has 0 atom stereocenters. The zero-order valence-corrected chi connectivity index (χ0v) is 8.57. The lowest BCUT2D eigenvalue weighted by Gasteiger charge is -1.95. The van der Waals surface area contributed by atoms with Crippen molar-refractivity contribution in [2.24, 2.45) is 5.10 Å². The Morgan fingerprint density at radius 2 is 2.14 bits per heavy atom. The first-order valence-corrected chi connectivity index (χ1v) is 4.92. The summed E-state index contributed by atoms with van der Waals surface area (Å²) in [6.45, 7) is 4.20. The fourth-order valence-corrected chi connectivity index (χ4v) is 1.59. The van der Waals surface area contributed by atoms with Gasteiger partial charge < -0.3 is 0 Å². The number of aryl methyl sites for hydroxylation is 1. The van der Waals surface area contributed by atoms with Crippen LogP contribution in [0.5, 0.6) is 0 Å². The van der Waals surface area contributed by atoms with Gasteiger partial charge >= 0.3 is 0 Å². The highest BCUT2D eigenvalue weighted by molar-refractivity contribution is 5.83. The van der Waals surface area contributed by atoms with E-state index in [1.807, 2.05) is 17.0 Å². The topological polar surface area (TPSA) is 17.3 Å². The highest BCUT2D eigenvalue weighted by Gasteiger charge is 2.01. The van der Waals surface area contributed by atoms with Gasteiger partial charge in [0.2, 0.25) is 0 Å². The van der Waals surface area contributed by atoms with Gasteiger partial charge in [-0.2, -0.15) is 5.10 Å². The summed E-state index contributed by atoms with van der Waals surface area (Å²) < 4.78 is 1.94. The van der Waals surface area contributed by atoms with Crippen molar-refractivity contribution in [2.75, 3.05) is 0 Å². The Bertz CT molecular complexity index is 466. The molecule has 0 aliphatic rings. The van der Waals surface area contributed by atoms with Crippen LogP contribution >= 0.6 is 0 Å². The molecule has 0 fully saturated rings. The Kier molecular flexibility index (Phi) is 2.35. The van der Waals surface area contributed by atoms with Crippen molar-refractivity contribution in [2.45, 2.75) is 20.3 Å². The molecule has 2 aromatic rings. The van der Waals surface area contributed by atoms with E-state index in [9.17, 15) is 0 Å². The van der Waals surface area contributed by atoms with Crippen LogP contribution in [0.15, 0.2) is 35.6 Å². The van der Waals surface area contributed by atoms with E-state index < -0.39 is 0 Å². The van der Waals surface area contributed by atoms with Gasteiger partial charge in [0.25, 0.3) is 0 Å². The highest BCUT2D eigenvalue weighted by Crippen LogP contribution is 2.19. The summed E-state index contributed by atoms with van der Waals surface area (Å²) in [5.74, 6) is 0. The van der Waals surface area contributed by atoms with Crippen molar-refractivity contribution in [3.63, 3.8) is 0 Å². The Hall–Kier alpha value is -1.57. The fourth-order valence-electron chi connectivity index (χ4n) is 1.59. The molecule has 0 saturated heterocycles. The Labute approximate surface area is 83.9 Å². The number of rotatable bonds is 2. The summed E-state index contributed by atoms with van der Waals surface area (Å²) in [5.41, 5.74) is 2.45. The number of benzene rings is 1. The molecule has 0 spiro atoms. The van der Waals surface area contributed by atoms with E-state index in [1.165, 1.54) is 16.5 Å². The smallest absolute Gasteiger partial charge is 0.0721 e. The molecular weight excluding hydrogens is 172 g/mol. The molecule has 0 N–H and O–H groups in total. The Balaban J connectivity index is 2.61. The third-order valence-corrected chi connectivity index (χ3v) is 2.28. The van der Waals surface area contributed by atoms with Crippen LogP contribution in [0.2, 0.25) is 0 Å². The van der Waals surface area contributed by atoms with Crippen LogP contribution in [0.25, 0.3) is 10.9 Å². The number of para-hydroxylation sites is 1. The van der Waals surface area contributed by atoms with Crippen LogP contribution in [0.3, 0.4) is 0 Å². The maximum absolute atomic E-state index is 4.37. The molecule has 0 amide bonds. The summed E-state index contributed by atoms with van der Waals surface area (Å²) >= 11 is 0. The molecule has 0 aliphatic carbocycles. The molecular formula is C12H14N2. The molecule has 1 aromatic carbocycles. The average Bonchev–Trinajstić information content (AvgIpc) is 2.54. The van der Waals surface area contributed by atoms with Crippen molar-refractivity contribution >= 4 is 17.1 Å². The average molecular weight is 186 g/mol. The van der Waals surface area contributed by atoms with E-state index >= 15 is 0 Å². The molecule has 1 heterocycles. The SMILES string of the molecule is CC/C=N/n1cc(C)c2ccccc21. The number of fused-ring (bicyclic) bond motifs is 1. The Morgan fingerprint density at radius 3 is 2.93 bits per heavy atom. The van der Waals surface area contributed by atoms with Gasteiger partial charge in [0.1, 0.15) is 0 Å². The predicted molar refractivity (Wildman–Crippen MR) is 60.9 cm³/mol. The minimum Gasteiger partial charge on any atom is -0.240 e. The molecule has 0 aliphatic heterocycles. The largest absolute Gasteiger partial charge is 0.240 e. The normalized spacial score (nSPS) is 11.6. The summed E-state index contributed by atoms with van der Waals surface area (Å²) in [4.78, 5) is 0. The van der Waals surface area contributed by atoms with Gasteiger partial charge in [0, 0.05) is 17.8 Å². The van der Waals surface area contributed by atoms with E-state index in [1.54, 1.807) is 0 Å². The van der Waals surface area contributed by atoms with Crippen LogP contribution in [0.4, 0.5) is 0 Å². The van der Waals surface area contributed by atoms with Crippen molar-refractivity contribution in [3.8, 4) is 0 Å². The number of nitrogens with zero attached hydrogens (tertiary/aromatic N) is 2. The minimum atomic E-state index is 0.964. The number of hydrogen-bond donors (Lipinski definition) is 0. The van der Waals surface area contributed by atoms with E-state index in [4.69, 9.17) is 0 Å². The van der Waals surface area contributed by atoms with Gasteiger partial charge in [-0.15, -0.1) is 0 Å². The van der Waals surface area contributed by atoms with Gasteiger partial charge in [0.15, 0.2) is 0 Å². The van der Waals surface area contributed by atoms with Gasteiger partial charge in [-0.1, -0.05) is 25.1 Å². The number of hydrogen-bond acceptors (Lipinski definition) is 1. The van der Waals surface area contributed by atoms with Crippen LogP contribution in [-0.4, -0.2) is 10.9 Å². The van der Waals surface area contributed by atoms with Crippen LogP contribution < -0.4 is 0 Å². The summed E-state index contributed by atoms with van der Waals surface area (Å²) in [7, 11) is 0. The Morgan fingerprint density at radius 1 is 1.36 bits per heavy atom. The standard InChI is InChI=1S/C12H14N2/c1-3-8-13-14-9-10(2)11-6-4-5-7-12(11)14/h4-9H,3H2,1-2H3/b13-8+. The van der Waals surface area contributed by atoms with E-state index in [2.05, 4.69) is 43.3 Å². The third kappa shape index (κ3) is 1.43. The van der Waals surface area contributed by atoms with E-state index in [0.717, 1.165) is 6.42 Å². The summed E-state index contributed by atoms with van der Waals surface area (Å²) in [5, 5.41) is 5.64. The first-order valence-electron chi connectivity index (χ1n) is 4.92. The molecule has 0 unspecified atom stereocenters. The third-order valence-electron chi connectivity index (χ3n) is 2.28. The molecule has 0 saturated carbocycles. The van der Waals surface area contributed by atoms with Crippen LogP contribution in [0, 0.1) is 6.92 Å². The summed E-state index contributed by atoms with van der Waals surface area (Å²) in [6.07, 6.45) is 4.95. The zero-order chi connectivity index (χ0) is 9.97. The molecule has 0 bridgehead atoms. The molecule has 72 valence electrons. The second-order valence-electron chi connectivity index (χ2n) is 3.38. The summed E-state index contributed by atoms with van der Waals surface area (Å²) in [6, 6.07) is 8.32. The minimum absolute atomic E-state index is 0.964. The quantitative estimate of drug-likeness (QED) is 0.641. The number of aromatic nitrogens is 1. The van der Waals surface area contributed by atoms with Crippen molar-refractivity contribution in [1.82, 2.24) is 4.68 Å². The van der Waals surface area contributed by atoms with E-state index in [0.29, 0.717) is 0 Å². The highest BCUT2D eigenvalue weighted by atomic mass is 15.3. The second-order valence-corrected chi connectivity index (χ2v) is 3.38. The van der Waals surface area contributed by atoms with Crippen molar-refractivity contribution in [3.05, 3.63) is 36.0 Å². The molecule has 0 radical (unpaired) electrons. The maximum atomic E-state index is 4.37. The molecule has 2 heteroatoms. The first kappa shape index (κ1) is 9.00. The van der Waals surface area contributed by atoms with Gasteiger partial charge in [-0.3, -0.25) is 0 Å². The van der Waals surface area contributed by atoms with Gasteiger partial charge in [-0.25, -0.2) is 4.68 Å². The van der Waals surface area contributed by atoms with Crippen LogP contribution in [-0.2, 0) is 0 Å². The molecule has 2 nitrogen and oxygen atoms in total. The van der Waals surface area contributed by atoms with Crippen LogP contribution in [0.1, 0.15) is 18.9 Å². The monoisotopic (exact) mass is 186 g/mol. The van der Waals surface area contributed by atoms with Gasteiger partial charge in [0.05, 0.1) is 5.52 Å². The maximum Gasteiger partial charge on any atom is 0.0721 e. The zero-order valence-electron chi connectivity index (χ0n) is 8.57. The first-order chi connectivity index (χ1) is 6.83. The molecule has 1 aromatic heterocycles. The molecule has 14 heavy (non-hydrogen) atoms. The predicted octanol–water partition coefficient (Wildman–Crippen LogP) is 3.19. The lowest BCUT2D eigenvalue weighted by Crippen LogP contribution is -1.85. The van der Waals surface area contributed by atoms with Gasteiger partial charge in [-0.05, 0) is 25.0 Å². The second kappa shape index (κ2) is 3.66. The fraction of sp³-hybridized carbons (Fsp3) is 0.250.